The highest BCUT2D eigenvalue weighted by Gasteiger charge is 2.07. The third-order valence-electron chi connectivity index (χ3n) is 2.62. The molecular formula is C13H12Cl2N2. The summed E-state index contributed by atoms with van der Waals surface area (Å²) in [5.74, 6) is 0. The summed E-state index contributed by atoms with van der Waals surface area (Å²) >= 11 is 12.1. The summed E-state index contributed by atoms with van der Waals surface area (Å²) in [6, 6.07) is 9.22. The molecule has 0 spiro atoms. The van der Waals surface area contributed by atoms with Gasteiger partial charge in [-0.25, -0.2) is 0 Å². The first kappa shape index (κ1) is 12.4. The van der Waals surface area contributed by atoms with E-state index in [2.05, 4.69) is 4.98 Å². The molecule has 0 saturated carbocycles. The Kier molecular flexibility index (Phi) is 3.67. The van der Waals surface area contributed by atoms with Crippen molar-refractivity contribution in [1.82, 2.24) is 4.98 Å². The molecule has 0 saturated heterocycles. The van der Waals surface area contributed by atoms with Gasteiger partial charge in [-0.3, -0.25) is 4.98 Å². The van der Waals surface area contributed by atoms with Crippen LogP contribution in [0.1, 0.15) is 11.3 Å². The van der Waals surface area contributed by atoms with Gasteiger partial charge >= 0.3 is 0 Å². The average molecular weight is 267 g/mol. The lowest BCUT2D eigenvalue weighted by molar-refractivity contribution is 1.01. The normalized spacial score (nSPS) is 10.6. The molecule has 0 aliphatic rings. The lowest BCUT2D eigenvalue weighted by Crippen LogP contribution is -2.01. The molecule has 4 heteroatoms. The van der Waals surface area contributed by atoms with Crippen LogP contribution in [0.25, 0.3) is 11.3 Å². The van der Waals surface area contributed by atoms with Crippen LogP contribution in [0.5, 0.6) is 0 Å². The second-order valence-electron chi connectivity index (χ2n) is 3.77. The van der Waals surface area contributed by atoms with Crippen LogP contribution in [-0.2, 0) is 6.54 Å². The molecule has 0 radical (unpaired) electrons. The molecule has 1 heterocycles. The van der Waals surface area contributed by atoms with Crippen molar-refractivity contribution in [3.63, 3.8) is 0 Å². The van der Waals surface area contributed by atoms with Crippen molar-refractivity contribution in [3.8, 4) is 11.3 Å². The molecule has 0 atom stereocenters. The second kappa shape index (κ2) is 5.05. The Bertz CT molecular complexity index is 553. The Hall–Kier alpha value is -1.09. The van der Waals surface area contributed by atoms with Crippen LogP contribution in [0, 0.1) is 6.92 Å². The SMILES string of the molecule is Cc1nc(-c2cc(Cl)ccc2Cl)ccc1CN. The molecule has 2 aromatic rings. The molecule has 2 N–H and O–H groups in total. The van der Waals surface area contributed by atoms with E-state index in [-0.39, 0.29) is 0 Å². The van der Waals surface area contributed by atoms with Crippen molar-refractivity contribution in [2.75, 3.05) is 0 Å². The number of nitrogens with two attached hydrogens (primary N) is 1. The molecule has 2 rings (SSSR count). The Morgan fingerprint density at radius 3 is 2.59 bits per heavy atom. The summed E-state index contributed by atoms with van der Waals surface area (Å²) in [6.07, 6.45) is 0. The lowest BCUT2D eigenvalue weighted by atomic mass is 10.1. The smallest absolute Gasteiger partial charge is 0.0720 e. The molecule has 0 aliphatic carbocycles. The predicted octanol–water partition coefficient (Wildman–Crippen LogP) is 3.82. The van der Waals surface area contributed by atoms with Gasteiger partial charge in [0, 0.05) is 22.8 Å². The molecule has 1 aromatic carbocycles. The maximum atomic E-state index is 6.13. The van der Waals surface area contributed by atoms with Crippen molar-refractivity contribution >= 4 is 23.2 Å². The summed E-state index contributed by atoms with van der Waals surface area (Å²) in [6.45, 7) is 2.42. The van der Waals surface area contributed by atoms with Gasteiger partial charge in [-0.15, -0.1) is 0 Å². The fourth-order valence-corrected chi connectivity index (χ4v) is 2.04. The maximum absolute atomic E-state index is 6.13. The molecule has 88 valence electrons. The highest BCUT2D eigenvalue weighted by atomic mass is 35.5. The van der Waals surface area contributed by atoms with E-state index in [1.54, 1.807) is 12.1 Å². The van der Waals surface area contributed by atoms with Gasteiger partial charge in [0.05, 0.1) is 10.7 Å². The van der Waals surface area contributed by atoms with E-state index in [1.807, 2.05) is 25.1 Å². The van der Waals surface area contributed by atoms with E-state index in [4.69, 9.17) is 28.9 Å². The number of aryl methyl sites for hydroxylation is 1. The van der Waals surface area contributed by atoms with E-state index in [9.17, 15) is 0 Å². The number of benzene rings is 1. The highest BCUT2D eigenvalue weighted by Crippen LogP contribution is 2.29. The number of hydrogen-bond acceptors (Lipinski definition) is 2. The fourth-order valence-electron chi connectivity index (χ4n) is 1.65. The van der Waals surface area contributed by atoms with Crippen molar-refractivity contribution in [2.24, 2.45) is 5.73 Å². The number of hydrogen-bond donors (Lipinski definition) is 1. The van der Waals surface area contributed by atoms with Gasteiger partial charge < -0.3 is 5.73 Å². The van der Waals surface area contributed by atoms with Crippen LogP contribution >= 0.6 is 23.2 Å². The quantitative estimate of drug-likeness (QED) is 0.898. The first-order chi connectivity index (χ1) is 8.11. The minimum absolute atomic E-state index is 0.488. The van der Waals surface area contributed by atoms with Crippen molar-refractivity contribution in [3.05, 3.63) is 51.6 Å². The van der Waals surface area contributed by atoms with Gasteiger partial charge in [0.15, 0.2) is 0 Å². The van der Waals surface area contributed by atoms with Crippen molar-refractivity contribution in [1.29, 1.82) is 0 Å². The Morgan fingerprint density at radius 2 is 1.94 bits per heavy atom. The Balaban J connectivity index is 2.53. The number of nitrogens with zero attached hydrogens (tertiary/aromatic N) is 1. The third-order valence-corrected chi connectivity index (χ3v) is 3.18. The number of pyridine rings is 1. The zero-order valence-electron chi connectivity index (χ0n) is 9.37. The number of halogens is 2. The molecular weight excluding hydrogens is 255 g/mol. The summed E-state index contributed by atoms with van der Waals surface area (Å²) in [5, 5.41) is 1.29. The van der Waals surface area contributed by atoms with Crippen molar-refractivity contribution in [2.45, 2.75) is 13.5 Å². The molecule has 0 bridgehead atoms. The van der Waals surface area contributed by atoms with Crippen LogP contribution in [0.15, 0.2) is 30.3 Å². The predicted molar refractivity (Wildman–Crippen MR) is 72.3 cm³/mol. The Labute approximate surface area is 110 Å². The zero-order chi connectivity index (χ0) is 12.4. The summed E-state index contributed by atoms with van der Waals surface area (Å²) < 4.78 is 0. The monoisotopic (exact) mass is 266 g/mol. The largest absolute Gasteiger partial charge is 0.326 e. The molecule has 1 aromatic heterocycles. The first-order valence-corrected chi connectivity index (χ1v) is 5.99. The topological polar surface area (TPSA) is 38.9 Å². The van der Waals surface area contributed by atoms with Crippen LogP contribution in [0.4, 0.5) is 0 Å². The van der Waals surface area contributed by atoms with Gasteiger partial charge in [0.25, 0.3) is 0 Å². The van der Waals surface area contributed by atoms with Crippen LogP contribution in [0.2, 0.25) is 10.0 Å². The molecule has 17 heavy (non-hydrogen) atoms. The number of aromatic nitrogens is 1. The summed E-state index contributed by atoms with van der Waals surface area (Å²) in [5.41, 5.74) is 9.21. The second-order valence-corrected chi connectivity index (χ2v) is 4.61. The highest BCUT2D eigenvalue weighted by molar-refractivity contribution is 6.35. The average Bonchev–Trinajstić information content (AvgIpc) is 2.32. The van der Waals surface area contributed by atoms with Gasteiger partial charge in [-0.05, 0) is 36.8 Å². The molecule has 0 aliphatic heterocycles. The lowest BCUT2D eigenvalue weighted by Gasteiger charge is -2.08. The van der Waals surface area contributed by atoms with Crippen LogP contribution < -0.4 is 5.73 Å². The van der Waals surface area contributed by atoms with Crippen LogP contribution in [-0.4, -0.2) is 4.98 Å². The summed E-state index contributed by atoms with van der Waals surface area (Å²) in [7, 11) is 0. The molecule has 0 fully saturated rings. The first-order valence-electron chi connectivity index (χ1n) is 5.24. The van der Waals surface area contributed by atoms with Crippen molar-refractivity contribution < 1.29 is 0 Å². The third kappa shape index (κ3) is 2.60. The minimum Gasteiger partial charge on any atom is -0.326 e. The van der Waals surface area contributed by atoms with Gasteiger partial charge in [0.1, 0.15) is 0 Å². The van der Waals surface area contributed by atoms with Gasteiger partial charge in [-0.2, -0.15) is 0 Å². The van der Waals surface area contributed by atoms with E-state index in [1.165, 1.54) is 0 Å². The van der Waals surface area contributed by atoms with Gasteiger partial charge in [0.2, 0.25) is 0 Å². The zero-order valence-corrected chi connectivity index (χ0v) is 10.9. The van der Waals surface area contributed by atoms with E-state index >= 15 is 0 Å². The van der Waals surface area contributed by atoms with Crippen LogP contribution in [0.3, 0.4) is 0 Å². The minimum atomic E-state index is 0.488. The van der Waals surface area contributed by atoms with E-state index in [0.717, 1.165) is 22.5 Å². The number of rotatable bonds is 2. The molecule has 0 amide bonds. The standard InChI is InChI=1S/C13H12Cl2N2/c1-8-9(7-16)2-5-13(17-8)11-6-10(14)3-4-12(11)15/h2-6H,7,16H2,1H3. The molecule has 2 nitrogen and oxygen atoms in total. The molecule has 0 unspecified atom stereocenters. The maximum Gasteiger partial charge on any atom is 0.0720 e. The fraction of sp³-hybridized carbons (Fsp3) is 0.154. The Morgan fingerprint density at radius 1 is 1.18 bits per heavy atom. The van der Waals surface area contributed by atoms with Gasteiger partial charge in [-0.1, -0.05) is 29.3 Å². The van der Waals surface area contributed by atoms with E-state index in [0.29, 0.717) is 16.6 Å². The van der Waals surface area contributed by atoms with E-state index < -0.39 is 0 Å². The summed E-state index contributed by atoms with van der Waals surface area (Å²) in [4.78, 5) is 4.49.